The molecular formula is C22H27ClN7O7P. The van der Waals surface area contributed by atoms with E-state index in [-0.39, 0.29) is 17.3 Å². The van der Waals surface area contributed by atoms with E-state index in [1.807, 2.05) is 0 Å². The number of halogens is 1. The van der Waals surface area contributed by atoms with Crippen molar-refractivity contribution in [3.8, 4) is 5.75 Å². The second-order valence-corrected chi connectivity index (χ2v) is 10.7. The van der Waals surface area contributed by atoms with E-state index in [9.17, 15) is 19.6 Å². The number of alkyl halides is 1. The molecular weight excluding hydrogens is 541 g/mol. The summed E-state index contributed by atoms with van der Waals surface area (Å²) in [5.74, 6) is -0.755. The smallest absolute Gasteiger partial charge is 0.459 e. The van der Waals surface area contributed by atoms with Crippen LogP contribution >= 0.6 is 19.3 Å². The Morgan fingerprint density at radius 3 is 2.76 bits per heavy atom. The van der Waals surface area contributed by atoms with Crippen molar-refractivity contribution in [1.29, 1.82) is 0 Å². The van der Waals surface area contributed by atoms with Gasteiger partial charge in [-0.1, -0.05) is 24.3 Å². The first-order valence-electron chi connectivity index (χ1n) is 11.3. The number of fused-ring (bicyclic) bond motifs is 1. The maximum atomic E-state index is 13.5. The number of aliphatic hydroxyl groups is 1. The molecule has 0 amide bonds. The number of aromatic nitrogens is 4. The number of benzene rings is 1. The van der Waals surface area contributed by atoms with Gasteiger partial charge in [0.1, 0.15) is 28.9 Å². The molecule has 0 aliphatic carbocycles. The Bertz CT molecular complexity index is 1380. The van der Waals surface area contributed by atoms with E-state index in [1.165, 1.54) is 36.0 Å². The van der Waals surface area contributed by atoms with Gasteiger partial charge in [0.15, 0.2) is 23.2 Å². The first-order chi connectivity index (χ1) is 18.0. The second-order valence-electron chi connectivity index (χ2n) is 8.39. The Labute approximate surface area is 222 Å². The fraction of sp³-hybridized carbons (Fsp3) is 0.364. The number of carboxylic acids is 1. The van der Waals surface area contributed by atoms with Gasteiger partial charge in [0.25, 0.3) is 0 Å². The van der Waals surface area contributed by atoms with Gasteiger partial charge in [0, 0.05) is 7.05 Å². The third kappa shape index (κ3) is 5.32. The molecule has 204 valence electrons. The Hall–Kier alpha value is -3.26. The fourth-order valence-corrected chi connectivity index (χ4v) is 5.66. The first-order valence-corrected chi connectivity index (χ1v) is 13.3. The summed E-state index contributed by atoms with van der Waals surface area (Å²) in [6.45, 7) is 4.53. The molecule has 1 fully saturated rings. The quantitative estimate of drug-likeness (QED) is 0.128. The number of carbonyl (C=O) groups is 1. The normalized spacial score (nSPS) is 25.5. The van der Waals surface area contributed by atoms with Gasteiger partial charge in [-0.3, -0.25) is 13.9 Å². The number of nitrogens with two attached hydrogens (primary N) is 1. The molecule has 16 heteroatoms. The van der Waals surface area contributed by atoms with E-state index in [0.717, 1.165) is 0 Å². The summed E-state index contributed by atoms with van der Waals surface area (Å²) >= 11 is 6.80. The van der Waals surface area contributed by atoms with Crippen LogP contribution in [0.15, 0.2) is 49.3 Å². The number of nitrogen functional groups attached to an aromatic ring is 1. The topological polar surface area (TPSA) is 196 Å². The summed E-state index contributed by atoms with van der Waals surface area (Å²) in [5, 5.41) is 25.6. The van der Waals surface area contributed by atoms with Crippen molar-refractivity contribution in [1.82, 2.24) is 24.6 Å². The number of hydrogen-bond donors (Lipinski definition) is 5. The molecule has 1 aromatic carbocycles. The number of rotatable bonds is 11. The molecule has 3 aromatic rings. The predicted octanol–water partition coefficient (Wildman–Crippen LogP) is 2.14. The van der Waals surface area contributed by atoms with Gasteiger partial charge in [-0.05, 0) is 19.1 Å². The van der Waals surface area contributed by atoms with Crippen LogP contribution in [0, 0.1) is 0 Å². The average Bonchev–Trinajstić information content (AvgIpc) is 3.41. The third-order valence-corrected chi connectivity index (χ3v) is 8.04. The van der Waals surface area contributed by atoms with Crippen molar-refractivity contribution in [3.05, 3.63) is 49.3 Å². The van der Waals surface area contributed by atoms with Crippen LogP contribution in [0.2, 0.25) is 0 Å². The number of nitrogens with zero attached hydrogens (tertiary/aromatic N) is 4. The van der Waals surface area contributed by atoms with Crippen LogP contribution in [0.1, 0.15) is 13.2 Å². The summed E-state index contributed by atoms with van der Waals surface area (Å²) in [7, 11) is -2.63. The number of aliphatic carboxylic acids is 1. The largest absolute Gasteiger partial charge is 0.480 e. The SMILES string of the molecule is C=C[C@@]1(Cl)[C@H](O)[C@@H](COP(=O)(N[C@H](C)C(=O)O)Oc2ccccc2)O[C@H]1n1cnc2c(NC)nc(N)nc21. The van der Waals surface area contributed by atoms with Crippen LogP contribution in [0.4, 0.5) is 11.8 Å². The molecule has 0 radical (unpaired) electrons. The van der Waals surface area contributed by atoms with Gasteiger partial charge in [0.2, 0.25) is 5.95 Å². The standard InChI is InChI=1S/C22H27ClN7O7P/c1-4-22(23)16(31)14(36-20(22)30-11-26-15-17(25-3)27-21(24)28-18(15)30)10-35-38(34,29-12(2)19(32)33)37-13-8-6-5-7-9-13/h4-9,11-12,14,16,20,31H,1,10H2,2-3H3,(H,29,34)(H,32,33)(H3,24,25,27,28)/t12-,14-,16-,20-,22-,38?/m1/s1. The molecule has 1 saturated heterocycles. The van der Waals surface area contributed by atoms with Crippen LogP contribution in [-0.2, 0) is 18.6 Å². The average molecular weight is 568 g/mol. The molecule has 1 aliphatic rings. The van der Waals surface area contributed by atoms with E-state index in [1.54, 1.807) is 25.2 Å². The van der Waals surface area contributed by atoms with Gasteiger partial charge in [-0.2, -0.15) is 15.1 Å². The number of nitrogens with one attached hydrogen (secondary N) is 2. The molecule has 0 saturated carbocycles. The minimum absolute atomic E-state index is 0.0292. The van der Waals surface area contributed by atoms with Gasteiger partial charge < -0.3 is 30.5 Å². The summed E-state index contributed by atoms with van der Waals surface area (Å²) in [5.41, 5.74) is 6.51. The van der Waals surface area contributed by atoms with Crippen LogP contribution < -0.4 is 20.7 Å². The van der Waals surface area contributed by atoms with Crippen LogP contribution in [0.25, 0.3) is 11.2 Å². The number of para-hydroxylation sites is 1. The predicted molar refractivity (Wildman–Crippen MR) is 139 cm³/mol. The number of hydrogen-bond acceptors (Lipinski definition) is 11. The molecule has 1 unspecified atom stereocenters. The Morgan fingerprint density at radius 1 is 1.42 bits per heavy atom. The van der Waals surface area contributed by atoms with E-state index in [4.69, 9.17) is 31.1 Å². The second kappa shape index (κ2) is 10.8. The van der Waals surface area contributed by atoms with Gasteiger partial charge in [-0.25, -0.2) is 9.55 Å². The highest BCUT2D eigenvalue weighted by Gasteiger charge is 2.55. The molecule has 38 heavy (non-hydrogen) atoms. The van der Waals surface area contributed by atoms with Gasteiger partial charge in [-0.15, -0.1) is 18.2 Å². The van der Waals surface area contributed by atoms with Crippen molar-refractivity contribution in [2.75, 3.05) is 24.7 Å². The highest BCUT2D eigenvalue weighted by Crippen LogP contribution is 2.49. The zero-order chi connectivity index (χ0) is 27.7. The van der Waals surface area contributed by atoms with E-state index in [2.05, 4.69) is 31.9 Å². The number of carboxylic acid groups (broad SMARTS) is 1. The zero-order valence-corrected chi connectivity index (χ0v) is 22.0. The molecule has 0 spiro atoms. The Morgan fingerprint density at radius 2 is 2.13 bits per heavy atom. The number of aliphatic hydroxyl groups excluding tert-OH is 1. The van der Waals surface area contributed by atoms with Crippen molar-refractivity contribution >= 4 is 48.2 Å². The lowest BCUT2D eigenvalue weighted by Gasteiger charge is -2.27. The van der Waals surface area contributed by atoms with Crippen LogP contribution in [-0.4, -0.2) is 72.5 Å². The van der Waals surface area contributed by atoms with Gasteiger partial charge in [0.05, 0.1) is 12.9 Å². The van der Waals surface area contributed by atoms with Crippen LogP contribution in [0.3, 0.4) is 0 Å². The maximum Gasteiger partial charge on any atom is 0.459 e. The van der Waals surface area contributed by atoms with Crippen LogP contribution in [0.5, 0.6) is 5.75 Å². The monoisotopic (exact) mass is 567 g/mol. The Balaban J connectivity index is 1.61. The van der Waals surface area contributed by atoms with Gasteiger partial charge >= 0.3 is 13.7 Å². The van der Waals surface area contributed by atoms with Crippen molar-refractivity contribution in [3.63, 3.8) is 0 Å². The molecule has 6 atom stereocenters. The molecule has 4 rings (SSSR count). The summed E-state index contributed by atoms with van der Waals surface area (Å²) in [6.07, 6.45) is -0.931. The number of imidazole rings is 1. The van der Waals surface area contributed by atoms with E-state index in [0.29, 0.717) is 11.3 Å². The lowest BCUT2D eigenvalue weighted by atomic mass is 9.99. The minimum atomic E-state index is -4.27. The molecule has 2 aromatic heterocycles. The number of ether oxygens (including phenoxy) is 1. The lowest BCUT2D eigenvalue weighted by molar-refractivity contribution is -0.138. The summed E-state index contributed by atoms with van der Waals surface area (Å²) in [4.78, 5) is 22.4. The van der Waals surface area contributed by atoms with Crippen molar-refractivity contribution in [2.24, 2.45) is 0 Å². The lowest BCUT2D eigenvalue weighted by Crippen LogP contribution is -2.41. The molecule has 3 heterocycles. The molecule has 0 bridgehead atoms. The Kier molecular flexibility index (Phi) is 7.93. The summed E-state index contributed by atoms with van der Waals surface area (Å²) < 4.78 is 32.1. The summed E-state index contributed by atoms with van der Waals surface area (Å²) in [6, 6.07) is 6.79. The first kappa shape index (κ1) is 27.8. The maximum absolute atomic E-state index is 13.5. The molecule has 6 N–H and O–H groups in total. The minimum Gasteiger partial charge on any atom is -0.480 e. The molecule has 14 nitrogen and oxygen atoms in total. The molecule has 1 aliphatic heterocycles. The van der Waals surface area contributed by atoms with E-state index < -0.39 is 49.7 Å². The van der Waals surface area contributed by atoms with E-state index >= 15 is 0 Å². The van der Waals surface area contributed by atoms with Crippen molar-refractivity contribution in [2.45, 2.75) is 36.3 Å². The van der Waals surface area contributed by atoms with Crippen molar-refractivity contribution < 1.29 is 33.4 Å². The zero-order valence-electron chi connectivity index (χ0n) is 20.4. The fourth-order valence-electron chi connectivity index (χ4n) is 3.86. The third-order valence-electron chi connectivity index (χ3n) is 5.83. The number of anilines is 2. The highest BCUT2D eigenvalue weighted by molar-refractivity contribution is 7.52. The highest BCUT2D eigenvalue weighted by atomic mass is 35.5.